The highest BCUT2D eigenvalue weighted by Crippen LogP contribution is 2.19. The summed E-state index contributed by atoms with van der Waals surface area (Å²) in [6.45, 7) is 0. The van der Waals surface area contributed by atoms with E-state index < -0.39 is 11.2 Å². The summed E-state index contributed by atoms with van der Waals surface area (Å²) in [6.07, 6.45) is 0. The second-order valence-corrected chi connectivity index (χ2v) is 6.13. The highest BCUT2D eigenvalue weighted by Gasteiger charge is 2.11. The van der Waals surface area contributed by atoms with E-state index in [0.29, 0.717) is 5.16 Å². The quantitative estimate of drug-likeness (QED) is 0.678. The minimum Gasteiger partial charge on any atom is -0.333 e. The van der Waals surface area contributed by atoms with E-state index in [-0.39, 0.29) is 17.5 Å². The van der Waals surface area contributed by atoms with Crippen LogP contribution in [-0.2, 0) is 18.9 Å². The number of nitrogens with one attached hydrogen (secondary N) is 2. The number of nitrogens with zero attached hydrogens (tertiary/aromatic N) is 3. The zero-order valence-corrected chi connectivity index (χ0v) is 13.9. The second kappa shape index (κ2) is 6.36. The van der Waals surface area contributed by atoms with Crippen molar-refractivity contribution in [3.8, 4) is 0 Å². The van der Waals surface area contributed by atoms with Crippen LogP contribution in [0.3, 0.4) is 0 Å². The molecule has 0 fully saturated rings. The fraction of sp³-hybridized carbons (Fsp3) is 0.200. The van der Waals surface area contributed by atoms with Crippen LogP contribution in [0.4, 0.5) is 5.82 Å². The van der Waals surface area contributed by atoms with Gasteiger partial charge in [0, 0.05) is 20.2 Å². The molecule has 0 atom stereocenters. The first-order valence-corrected chi connectivity index (χ1v) is 8.09. The van der Waals surface area contributed by atoms with Gasteiger partial charge in [0.05, 0.1) is 16.8 Å². The van der Waals surface area contributed by atoms with E-state index in [1.54, 1.807) is 0 Å². The number of aromatic amines is 1. The summed E-state index contributed by atoms with van der Waals surface area (Å²) in [5, 5.41) is 3.20. The SMILES string of the molecule is Cn1c(NC(=O)CSc2nc3ccccc3[nH]2)cc(=O)n(C)c1=O. The number of carbonyl (C=O) groups excluding carboxylic acids is 1. The summed E-state index contributed by atoms with van der Waals surface area (Å²) in [6, 6.07) is 8.79. The Hall–Kier alpha value is -2.81. The van der Waals surface area contributed by atoms with E-state index in [1.165, 1.54) is 36.5 Å². The summed E-state index contributed by atoms with van der Waals surface area (Å²) in [7, 11) is 2.87. The van der Waals surface area contributed by atoms with Gasteiger partial charge in [0.25, 0.3) is 5.56 Å². The van der Waals surface area contributed by atoms with Crippen LogP contribution in [0.5, 0.6) is 0 Å². The van der Waals surface area contributed by atoms with Gasteiger partial charge < -0.3 is 10.3 Å². The maximum Gasteiger partial charge on any atom is 0.332 e. The Bertz CT molecular complexity index is 1000. The first-order valence-electron chi connectivity index (χ1n) is 7.10. The predicted octanol–water partition coefficient (Wildman–Crippen LogP) is 0.691. The molecule has 2 aromatic heterocycles. The van der Waals surface area contributed by atoms with Crippen molar-refractivity contribution >= 4 is 34.5 Å². The molecule has 3 aromatic rings. The Morgan fingerprint density at radius 2 is 2.00 bits per heavy atom. The van der Waals surface area contributed by atoms with Gasteiger partial charge in [-0.3, -0.25) is 18.7 Å². The molecule has 1 amide bonds. The van der Waals surface area contributed by atoms with Gasteiger partial charge in [-0.1, -0.05) is 23.9 Å². The van der Waals surface area contributed by atoms with Crippen molar-refractivity contribution in [1.82, 2.24) is 19.1 Å². The molecule has 0 aliphatic carbocycles. The number of benzene rings is 1. The van der Waals surface area contributed by atoms with Gasteiger partial charge in [0.2, 0.25) is 5.91 Å². The van der Waals surface area contributed by atoms with Crippen LogP contribution in [0, 0.1) is 0 Å². The lowest BCUT2D eigenvalue weighted by Gasteiger charge is -2.10. The summed E-state index contributed by atoms with van der Waals surface area (Å²) in [5.41, 5.74) is 0.754. The second-order valence-electron chi connectivity index (χ2n) is 5.16. The summed E-state index contributed by atoms with van der Waals surface area (Å²) >= 11 is 1.24. The van der Waals surface area contributed by atoms with E-state index >= 15 is 0 Å². The van der Waals surface area contributed by atoms with Gasteiger partial charge in [-0.15, -0.1) is 0 Å². The number of carbonyl (C=O) groups is 1. The number of hydrogen-bond acceptors (Lipinski definition) is 5. The molecule has 3 rings (SSSR count). The molecular weight excluding hydrogens is 330 g/mol. The molecule has 9 heteroatoms. The van der Waals surface area contributed by atoms with E-state index in [1.807, 2.05) is 24.3 Å². The molecule has 0 aliphatic heterocycles. The molecule has 0 unspecified atom stereocenters. The van der Waals surface area contributed by atoms with Crippen LogP contribution in [0.2, 0.25) is 0 Å². The molecule has 2 N–H and O–H groups in total. The standard InChI is InChI=1S/C15H15N5O3S/c1-19-11(7-13(22)20(2)15(19)23)18-12(21)8-24-14-16-9-5-3-4-6-10(9)17-14/h3-7H,8H2,1-2H3,(H,16,17)(H,18,21). The maximum atomic E-state index is 12.1. The number of rotatable bonds is 4. The number of hydrogen-bond donors (Lipinski definition) is 2. The van der Waals surface area contributed by atoms with Crippen LogP contribution < -0.4 is 16.6 Å². The third-order valence-electron chi connectivity index (χ3n) is 3.50. The molecular formula is C15H15N5O3S. The first-order chi connectivity index (χ1) is 11.5. The minimum absolute atomic E-state index is 0.100. The molecule has 1 aromatic carbocycles. The normalized spacial score (nSPS) is 10.9. The number of para-hydroxylation sites is 2. The molecule has 0 saturated carbocycles. The van der Waals surface area contributed by atoms with Crippen molar-refractivity contribution in [2.75, 3.05) is 11.1 Å². The van der Waals surface area contributed by atoms with Gasteiger partial charge in [0.1, 0.15) is 5.82 Å². The smallest absolute Gasteiger partial charge is 0.332 e. The van der Waals surface area contributed by atoms with Crippen molar-refractivity contribution in [3.63, 3.8) is 0 Å². The molecule has 8 nitrogen and oxygen atoms in total. The molecule has 0 spiro atoms. The van der Waals surface area contributed by atoms with Gasteiger partial charge in [-0.25, -0.2) is 9.78 Å². The van der Waals surface area contributed by atoms with Crippen molar-refractivity contribution in [1.29, 1.82) is 0 Å². The number of imidazole rings is 1. The van der Waals surface area contributed by atoms with Gasteiger partial charge in [-0.2, -0.15) is 0 Å². The van der Waals surface area contributed by atoms with Crippen molar-refractivity contribution in [2.45, 2.75) is 5.16 Å². The van der Waals surface area contributed by atoms with Gasteiger partial charge in [0.15, 0.2) is 5.16 Å². The Labute approximate surface area is 140 Å². The number of fused-ring (bicyclic) bond motifs is 1. The Morgan fingerprint density at radius 3 is 2.75 bits per heavy atom. The lowest BCUT2D eigenvalue weighted by Crippen LogP contribution is -2.38. The third-order valence-corrected chi connectivity index (χ3v) is 4.37. The zero-order valence-electron chi connectivity index (χ0n) is 13.1. The Kier molecular flexibility index (Phi) is 4.26. The zero-order chi connectivity index (χ0) is 17.3. The van der Waals surface area contributed by atoms with Crippen LogP contribution in [-0.4, -0.2) is 30.8 Å². The predicted molar refractivity (Wildman–Crippen MR) is 92.4 cm³/mol. The van der Waals surface area contributed by atoms with E-state index in [0.717, 1.165) is 15.6 Å². The van der Waals surface area contributed by atoms with Crippen molar-refractivity contribution in [3.05, 3.63) is 51.2 Å². The van der Waals surface area contributed by atoms with Gasteiger partial charge >= 0.3 is 5.69 Å². The number of anilines is 1. The number of H-pyrrole nitrogens is 1. The summed E-state index contributed by atoms with van der Waals surface area (Å²) in [5.74, 6) is -0.0644. The monoisotopic (exact) mass is 345 g/mol. The highest BCUT2D eigenvalue weighted by atomic mass is 32.2. The molecule has 2 heterocycles. The van der Waals surface area contributed by atoms with Gasteiger partial charge in [-0.05, 0) is 12.1 Å². The number of amides is 1. The third kappa shape index (κ3) is 3.11. The largest absolute Gasteiger partial charge is 0.333 e. The van der Waals surface area contributed by atoms with E-state index in [2.05, 4.69) is 15.3 Å². The van der Waals surface area contributed by atoms with Crippen LogP contribution in [0.1, 0.15) is 0 Å². The topological polar surface area (TPSA) is 102 Å². The highest BCUT2D eigenvalue weighted by molar-refractivity contribution is 7.99. The molecule has 0 bridgehead atoms. The molecule has 0 saturated heterocycles. The minimum atomic E-state index is -0.497. The van der Waals surface area contributed by atoms with Crippen molar-refractivity contribution < 1.29 is 4.79 Å². The summed E-state index contributed by atoms with van der Waals surface area (Å²) < 4.78 is 2.18. The average molecular weight is 345 g/mol. The van der Waals surface area contributed by atoms with Crippen LogP contribution >= 0.6 is 11.8 Å². The lowest BCUT2D eigenvalue weighted by atomic mass is 10.3. The Morgan fingerprint density at radius 1 is 1.25 bits per heavy atom. The van der Waals surface area contributed by atoms with E-state index in [9.17, 15) is 14.4 Å². The summed E-state index contributed by atoms with van der Waals surface area (Å²) in [4.78, 5) is 43.0. The Balaban J connectivity index is 1.70. The fourth-order valence-corrected chi connectivity index (χ4v) is 2.85. The van der Waals surface area contributed by atoms with Crippen LogP contribution in [0.25, 0.3) is 11.0 Å². The molecule has 24 heavy (non-hydrogen) atoms. The molecule has 0 aliphatic rings. The number of aromatic nitrogens is 4. The average Bonchev–Trinajstić information content (AvgIpc) is 2.99. The first kappa shape index (κ1) is 16.1. The maximum absolute atomic E-state index is 12.1. The molecule has 0 radical (unpaired) electrons. The molecule has 124 valence electrons. The van der Waals surface area contributed by atoms with Crippen molar-refractivity contribution in [2.24, 2.45) is 14.1 Å². The lowest BCUT2D eigenvalue weighted by molar-refractivity contribution is -0.113. The van der Waals surface area contributed by atoms with E-state index in [4.69, 9.17) is 0 Å². The fourth-order valence-electron chi connectivity index (χ4n) is 2.16. The number of thioether (sulfide) groups is 1. The van der Waals surface area contributed by atoms with Crippen LogP contribution in [0.15, 0.2) is 45.1 Å².